The SMILES string of the molecule is C[C@H](Nc1ncnc(N)c1C#N)c1nc2ccc(F)cc2n1-c1cc(F)cc(F)c1. The molecule has 0 saturated heterocycles. The van der Waals surface area contributed by atoms with E-state index in [0.29, 0.717) is 16.9 Å². The minimum Gasteiger partial charge on any atom is -0.382 e. The molecule has 3 N–H and O–H groups in total. The number of fused-ring (bicyclic) bond motifs is 1. The molecule has 4 rings (SSSR count). The Labute approximate surface area is 168 Å². The van der Waals surface area contributed by atoms with E-state index in [0.717, 1.165) is 18.2 Å². The van der Waals surface area contributed by atoms with Gasteiger partial charge >= 0.3 is 0 Å². The van der Waals surface area contributed by atoms with E-state index in [-0.39, 0.29) is 22.9 Å². The second-order valence-electron chi connectivity index (χ2n) is 6.53. The molecule has 0 radical (unpaired) electrons. The Morgan fingerprint density at radius 2 is 1.80 bits per heavy atom. The number of nitrogens with two attached hydrogens (primary N) is 1. The van der Waals surface area contributed by atoms with E-state index >= 15 is 0 Å². The fourth-order valence-electron chi connectivity index (χ4n) is 3.19. The van der Waals surface area contributed by atoms with Crippen molar-refractivity contribution in [3.05, 3.63) is 71.6 Å². The van der Waals surface area contributed by atoms with Gasteiger partial charge < -0.3 is 11.1 Å². The first-order valence-corrected chi connectivity index (χ1v) is 8.79. The molecule has 0 unspecified atom stereocenters. The van der Waals surface area contributed by atoms with E-state index < -0.39 is 23.5 Å². The van der Waals surface area contributed by atoms with E-state index in [1.807, 2.05) is 6.07 Å². The number of nitrogens with zero attached hydrogens (tertiary/aromatic N) is 5. The van der Waals surface area contributed by atoms with Crippen molar-refractivity contribution in [2.75, 3.05) is 11.1 Å². The molecule has 4 aromatic rings. The predicted octanol–water partition coefficient (Wildman–Crippen LogP) is 3.86. The maximum absolute atomic E-state index is 13.9. The van der Waals surface area contributed by atoms with Gasteiger partial charge in [-0.3, -0.25) is 4.57 Å². The third kappa shape index (κ3) is 3.37. The smallest absolute Gasteiger partial charge is 0.150 e. The highest BCUT2D eigenvalue weighted by atomic mass is 19.1. The molecule has 150 valence electrons. The van der Waals surface area contributed by atoms with E-state index in [2.05, 4.69) is 20.3 Å². The molecular weight excluding hydrogens is 395 g/mol. The van der Waals surface area contributed by atoms with Crippen LogP contribution in [0.25, 0.3) is 16.7 Å². The minimum atomic E-state index is -0.787. The fraction of sp³-hybridized carbons (Fsp3) is 0.100. The predicted molar refractivity (Wildman–Crippen MR) is 104 cm³/mol. The van der Waals surface area contributed by atoms with Gasteiger partial charge in [0.1, 0.15) is 52.9 Å². The fourth-order valence-corrected chi connectivity index (χ4v) is 3.19. The van der Waals surface area contributed by atoms with Crippen LogP contribution >= 0.6 is 0 Å². The van der Waals surface area contributed by atoms with Crippen LogP contribution in [0, 0.1) is 28.8 Å². The normalized spacial score (nSPS) is 12.0. The number of benzene rings is 2. The number of aromatic nitrogens is 4. The molecule has 30 heavy (non-hydrogen) atoms. The van der Waals surface area contributed by atoms with Crippen molar-refractivity contribution in [1.82, 2.24) is 19.5 Å². The molecule has 0 bridgehead atoms. The largest absolute Gasteiger partial charge is 0.382 e. The number of halogens is 3. The van der Waals surface area contributed by atoms with Gasteiger partial charge in [-0.05, 0) is 31.2 Å². The molecule has 0 saturated carbocycles. The van der Waals surface area contributed by atoms with Gasteiger partial charge in [-0.15, -0.1) is 0 Å². The lowest BCUT2D eigenvalue weighted by Gasteiger charge is -2.18. The van der Waals surface area contributed by atoms with Crippen molar-refractivity contribution in [3.63, 3.8) is 0 Å². The van der Waals surface area contributed by atoms with Crippen molar-refractivity contribution in [3.8, 4) is 11.8 Å². The molecule has 0 aliphatic heterocycles. The average Bonchev–Trinajstić information content (AvgIpc) is 3.06. The lowest BCUT2D eigenvalue weighted by Crippen LogP contribution is -2.15. The first-order chi connectivity index (χ1) is 14.4. The summed E-state index contributed by atoms with van der Waals surface area (Å²) in [5, 5.41) is 12.3. The number of imidazole rings is 1. The summed E-state index contributed by atoms with van der Waals surface area (Å²) in [4.78, 5) is 12.3. The van der Waals surface area contributed by atoms with Crippen LogP contribution in [0.3, 0.4) is 0 Å². The molecule has 2 heterocycles. The van der Waals surface area contributed by atoms with Crippen LogP contribution in [-0.2, 0) is 0 Å². The van der Waals surface area contributed by atoms with Crippen LogP contribution in [0.4, 0.5) is 24.8 Å². The summed E-state index contributed by atoms with van der Waals surface area (Å²) in [6.07, 6.45) is 1.20. The molecule has 1 atom stereocenters. The van der Waals surface area contributed by atoms with Crippen molar-refractivity contribution >= 4 is 22.7 Å². The van der Waals surface area contributed by atoms with Gasteiger partial charge in [-0.1, -0.05) is 0 Å². The van der Waals surface area contributed by atoms with Gasteiger partial charge in [0.25, 0.3) is 0 Å². The van der Waals surface area contributed by atoms with Crippen molar-refractivity contribution in [1.29, 1.82) is 5.26 Å². The van der Waals surface area contributed by atoms with Gasteiger partial charge in [-0.2, -0.15) is 5.26 Å². The molecule has 0 fully saturated rings. The van der Waals surface area contributed by atoms with Gasteiger partial charge in [-0.25, -0.2) is 28.1 Å². The maximum atomic E-state index is 13.9. The van der Waals surface area contributed by atoms with E-state index in [1.54, 1.807) is 6.92 Å². The first-order valence-electron chi connectivity index (χ1n) is 8.79. The third-order valence-corrected chi connectivity index (χ3v) is 4.48. The highest BCUT2D eigenvalue weighted by Gasteiger charge is 2.21. The molecule has 0 spiro atoms. The number of nitrogen functional groups attached to an aromatic ring is 1. The summed E-state index contributed by atoms with van der Waals surface area (Å²) in [6, 6.07) is 8.25. The molecule has 10 heteroatoms. The van der Waals surface area contributed by atoms with Gasteiger partial charge in [0.15, 0.2) is 0 Å². The number of anilines is 2. The monoisotopic (exact) mass is 409 g/mol. The van der Waals surface area contributed by atoms with Gasteiger partial charge in [0, 0.05) is 12.1 Å². The van der Waals surface area contributed by atoms with Crippen molar-refractivity contribution in [2.24, 2.45) is 0 Å². The number of nitrogens with one attached hydrogen (secondary N) is 1. The van der Waals surface area contributed by atoms with Crippen LogP contribution in [0.2, 0.25) is 0 Å². The zero-order valence-electron chi connectivity index (χ0n) is 15.6. The Morgan fingerprint density at radius 1 is 1.07 bits per heavy atom. The Balaban J connectivity index is 1.89. The molecule has 0 aliphatic carbocycles. The van der Waals surface area contributed by atoms with Crippen molar-refractivity contribution in [2.45, 2.75) is 13.0 Å². The summed E-state index contributed by atoms with van der Waals surface area (Å²) in [7, 11) is 0. The second-order valence-corrected chi connectivity index (χ2v) is 6.53. The Bertz CT molecular complexity index is 1290. The summed E-state index contributed by atoms with van der Waals surface area (Å²) in [6.45, 7) is 1.71. The van der Waals surface area contributed by atoms with Crippen LogP contribution in [0.1, 0.15) is 24.4 Å². The summed E-state index contributed by atoms with van der Waals surface area (Å²) >= 11 is 0. The van der Waals surface area contributed by atoms with Gasteiger partial charge in [0.05, 0.1) is 22.8 Å². The van der Waals surface area contributed by atoms with Gasteiger partial charge in [0.2, 0.25) is 0 Å². The number of rotatable bonds is 4. The minimum absolute atomic E-state index is 0.00461. The molecule has 7 nitrogen and oxygen atoms in total. The number of hydrogen-bond acceptors (Lipinski definition) is 6. The summed E-state index contributed by atoms with van der Waals surface area (Å²) in [5.41, 5.74) is 6.65. The number of hydrogen-bond donors (Lipinski definition) is 2. The Morgan fingerprint density at radius 3 is 2.50 bits per heavy atom. The summed E-state index contributed by atoms with van der Waals surface area (Å²) < 4.78 is 43.1. The van der Waals surface area contributed by atoms with Crippen LogP contribution in [0.15, 0.2) is 42.7 Å². The van der Waals surface area contributed by atoms with E-state index in [4.69, 9.17) is 5.73 Å². The standard InChI is InChI=1S/C20H14F3N7/c1-10(28-19-15(8-24)18(25)26-9-27-19)20-29-16-3-2-11(21)7-17(16)30(20)14-5-12(22)4-13(23)6-14/h2-7,9-10H,1H3,(H3,25,26,27,28)/t10-/m0/s1. The Kier molecular flexibility index (Phi) is 4.71. The van der Waals surface area contributed by atoms with E-state index in [1.165, 1.54) is 29.1 Å². The zero-order chi connectivity index (χ0) is 21.4. The lowest BCUT2D eigenvalue weighted by atomic mass is 10.2. The Hall–Kier alpha value is -4.13. The van der Waals surface area contributed by atoms with E-state index in [9.17, 15) is 18.4 Å². The summed E-state index contributed by atoms with van der Waals surface area (Å²) in [5.74, 6) is -1.60. The molecule has 0 amide bonds. The first kappa shape index (κ1) is 19.2. The zero-order valence-corrected chi connectivity index (χ0v) is 15.6. The third-order valence-electron chi connectivity index (χ3n) is 4.48. The molecule has 2 aromatic carbocycles. The lowest BCUT2D eigenvalue weighted by molar-refractivity contribution is 0.581. The van der Waals surface area contributed by atoms with Crippen LogP contribution in [-0.4, -0.2) is 19.5 Å². The highest BCUT2D eigenvalue weighted by molar-refractivity contribution is 5.78. The number of nitriles is 1. The maximum Gasteiger partial charge on any atom is 0.150 e. The van der Waals surface area contributed by atoms with Crippen molar-refractivity contribution < 1.29 is 13.2 Å². The van der Waals surface area contributed by atoms with Crippen LogP contribution < -0.4 is 11.1 Å². The quantitative estimate of drug-likeness (QED) is 0.530. The van der Waals surface area contributed by atoms with Crippen LogP contribution in [0.5, 0.6) is 0 Å². The average molecular weight is 409 g/mol. The topological polar surface area (TPSA) is 105 Å². The molecular formula is C20H14F3N7. The molecule has 0 aliphatic rings. The second kappa shape index (κ2) is 7.36. The molecule has 2 aromatic heterocycles. The highest BCUT2D eigenvalue weighted by Crippen LogP contribution is 2.29.